The van der Waals surface area contributed by atoms with Crippen LogP contribution in [0.1, 0.15) is 44.3 Å². The Kier molecular flexibility index (Phi) is 8.07. The minimum atomic E-state index is -1.01. The number of carbonyl (C=O) groups is 3. The Morgan fingerprint density at radius 1 is 1.38 bits per heavy atom. The van der Waals surface area contributed by atoms with Crippen molar-refractivity contribution in [3.05, 3.63) is 28.2 Å². The van der Waals surface area contributed by atoms with Gasteiger partial charge in [0.15, 0.2) is 0 Å². The van der Waals surface area contributed by atoms with E-state index in [1.54, 1.807) is 19.1 Å². The number of thiazole rings is 1. The summed E-state index contributed by atoms with van der Waals surface area (Å²) in [7, 11) is 0. The van der Waals surface area contributed by atoms with Gasteiger partial charge in [0, 0.05) is 11.1 Å². The minimum Gasteiger partial charge on any atom is -0.456 e. The molecule has 0 aromatic carbocycles. The molecule has 0 saturated heterocycles. The van der Waals surface area contributed by atoms with Gasteiger partial charge in [-0.3, -0.25) is 14.6 Å². The Balaban J connectivity index is 1.92. The number of aromatic nitrogens is 1. The van der Waals surface area contributed by atoms with Gasteiger partial charge in [-0.1, -0.05) is 19.9 Å². The number of thioether (sulfide) groups is 1. The highest BCUT2D eigenvalue weighted by atomic mass is 32.2. The molecule has 2 amide bonds. The molecule has 3 atom stereocenters. The summed E-state index contributed by atoms with van der Waals surface area (Å²) >= 11 is 2.87. The zero-order chi connectivity index (χ0) is 23.3. The van der Waals surface area contributed by atoms with Gasteiger partial charge in [-0.2, -0.15) is 0 Å². The predicted octanol–water partition coefficient (Wildman–Crippen LogP) is 1.37. The second-order valence-electron chi connectivity index (χ2n) is 8.26. The molecule has 3 rings (SSSR count). The van der Waals surface area contributed by atoms with Crippen molar-refractivity contribution in [1.82, 2.24) is 15.6 Å². The number of cyclic esters (lactones) is 1. The number of nitrogens with two attached hydrogens (primary N) is 1. The number of rotatable bonds is 4. The molecular formula is C21H29N5O4S2. The lowest BCUT2D eigenvalue weighted by Gasteiger charge is -2.27. The molecule has 32 heavy (non-hydrogen) atoms. The standard InChI is InChI=1S/C21H29N5O4S2/c1-12(2)17-19(28)30-13(6-4-5-7-22)8-15(27)23-9-16-24-14(10-31-16)18-26-21(3,11-32-18)20(29)25-17/h4,6,10,12-13,17H,5,7-9,11,22H2,1-3H3,(H,23,27)(H,25,29)/b6-4+/t13-,17+,21+/m1/s1. The van der Waals surface area contributed by atoms with Gasteiger partial charge in [0.1, 0.15) is 33.4 Å². The van der Waals surface area contributed by atoms with Gasteiger partial charge in [0.05, 0.1) is 13.0 Å². The topological polar surface area (TPSA) is 136 Å². The fourth-order valence-corrected chi connectivity index (χ4v) is 5.10. The first-order chi connectivity index (χ1) is 15.2. The minimum absolute atomic E-state index is 0.0376. The summed E-state index contributed by atoms with van der Waals surface area (Å²) in [6, 6.07) is -0.865. The van der Waals surface area contributed by atoms with E-state index < -0.39 is 23.7 Å². The second-order valence-corrected chi connectivity index (χ2v) is 10.2. The Hall–Kier alpha value is -2.24. The summed E-state index contributed by atoms with van der Waals surface area (Å²) in [6.45, 7) is 6.11. The van der Waals surface area contributed by atoms with Gasteiger partial charge >= 0.3 is 5.97 Å². The lowest BCUT2D eigenvalue weighted by Crippen LogP contribution is -2.53. The van der Waals surface area contributed by atoms with Crippen LogP contribution in [-0.4, -0.2) is 57.8 Å². The number of aliphatic imine (C=N–C) groups is 1. The number of hydrogen-bond acceptors (Lipinski definition) is 9. The van der Waals surface area contributed by atoms with Gasteiger partial charge in [0.2, 0.25) is 11.8 Å². The number of amides is 2. The van der Waals surface area contributed by atoms with Crippen LogP contribution < -0.4 is 16.4 Å². The average Bonchev–Trinajstić information content (AvgIpc) is 3.37. The number of ether oxygens (including phenoxy) is 1. The average molecular weight is 480 g/mol. The van der Waals surface area contributed by atoms with Crippen molar-refractivity contribution in [2.24, 2.45) is 16.6 Å². The highest BCUT2D eigenvalue weighted by Crippen LogP contribution is 2.32. The molecule has 9 nitrogen and oxygen atoms in total. The number of fused-ring (bicyclic) bond motifs is 4. The molecule has 4 bridgehead atoms. The summed E-state index contributed by atoms with van der Waals surface area (Å²) in [4.78, 5) is 47.7. The lowest BCUT2D eigenvalue weighted by atomic mass is 10.0. The third-order valence-electron chi connectivity index (χ3n) is 5.08. The third-order valence-corrected chi connectivity index (χ3v) is 7.21. The fourth-order valence-electron chi connectivity index (χ4n) is 3.17. The lowest BCUT2D eigenvalue weighted by molar-refractivity contribution is -0.153. The molecule has 4 N–H and O–H groups in total. The van der Waals surface area contributed by atoms with Gasteiger partial charge < -0.3 is 21.1 Å². The fraction of sp³-hybridized carbons (Fsp3) is 0.571. The first-order valence-corrected chi connectivity index (χ1v) is 12.4. The van der Waals surface area contributed by atoms with E-state index in [9.17, 15) is 14.4 Å². The van der Waals surface area contributed by atoms with Crippen molar-refractivity contribution in [3.8, 4) is 0 Å². The quantitative estimate of drug-likeness (QED) is 0.438. The number of nitrogens with one attached hydrogen (secondary N) is 2. The predicted molar refractivity (Wildman–Crippen MR) is 125 cm³/mol. The SMILES string of the molecule is CC(C)[C@@H]1NC(=O)[C@]2(C)CSC(=N2)c2csc(n2)CNC(=O)C[C@@H](/C=C/CCN)OC1=O. The van der Waals surface area contributed by atoms with Crippen molar-refractivity contribution in [2.75, 3.05) is 12.3 Å². The Labute approximate surface area is 195 Å². The molecule has 2 aliphatic rings. The normalized spacial score (nSPS) is 27.3. The van der Waals surface area contributed by atoms with Crippen molar-refractivity contribution in [3.63, 3.8) is 0 Å². The molecule has 0 saturated carbocycles. The van der Waals surface area contributed by atoms with Crippen LogP contribution in [0.5, 0.6) is 0 Å². The van der Waals surface area contributed by atoms with Gasteiger partial charge in [0.25, 0.3) is 0 Å². The van der Waals surface area contributed by atoms with Gasteiger partial charge in [-0.05, 0) is 31.9 Å². The molecule has 0 aliphatic carbocycles. The number of nitrogens with zero attached hydrogens (tertiary/aromatic N) is 2. The largest absolute Gasteiger partial charge is 0.456 e. The zero-order valence-corrected chi connectivity index (χ0v) is 20.1. The van der Waals surface area contributed by atoms with Crippen LogP contribution in [0.3, 0.4) is 0 Å². The first-order valence-electron chi connectivity index (χ1n) is 10.5. The Bertz CT molecular complexity index is 929. The van der Waals surface area contributed by atoms with Crippen molar-refractivity contribution in [1.29, 1.82) is 0 Å². The van der Waals surface area contributed by atoms with Crippen LogP contribution in [0, 0.1) is 5.92 Å². The maximum absolute atomic E-state index is 13.1. The molecule has 0 fully saturated rings. The van der Waals surface area contributed by atoms with E-state index >= 15 is 0 Å². The van der Waals surface area contributed by atoms with E-state index in [4.69, 9.17) is 10.5 Å². The summed E-state index contributed by atoms with van der Waals surface area (Å²) in [5.74, 6) is -0.963. The summed E-state index contributed by atoms with van der Waals surface area (Å²) in [5.41, 5.74) is 5.21. The molecule has 174 valence electrons. The van der Waals surface area contributed by atoms with Crippen LogP contribution in [0.4, 0.5) is 0 Å². The van der Waals surface area contributed by atoms with Crippen LogP contribution in [-0.2, 0) is 25.7 Å². The second kappa shape index (κ2) is 10.6. The molecular weight excluding hydrogens is 450 g/mol. The zero-order valence-electron chi connectivity index (χ0n) is 18.4. The highest BCUT2D eigenvalue weighted by Gasteiger charge is 2.41. The molecule has 1 aromatic rings. The van der Waals surface area contributed by atoms with Gasteiger partial charge in [-0.15, -0.1) is 23.1 Å². The smallest absolute Gasteiger partial charge is 0.329 e. The molecule has 0 radical (unpaired) electrons. The maximum atomic E-state index is 13.1. The van der Waals surface area contributed by atoms with Gasteiger partial charge in [-0.25, -0.2) is 9.78 Å². The van der Waals surface area contributed by atoms with E-state index in [1.165, 1.54) is 23.1 Å². The molecule has 0 spiro atoms. The van der Waals surface area contributed by atoms with Crippen LogP contribution in [0.25, 0.3) is 0 Å². The monoisotopic (exact) mass is 479 g/mol. The highest BCUT2D eigenvalue weighted by molar-refractivity contribution is 8.14. The van der Waals surface area contributed by atoms with Crippen LogP contribution in [0.2, 0.25) is 0 Å². The van der Waals surface area contributed by atoms with Crippen molar-refractivity contribution < 1.29 is 19.1 Å². The molecule has 0 unspecified atom stereocenters. The molecule has 11 heteroatoms. The summed E-state index contributed by atoms with van der Waals surface area (Å²) in [5, 5.41) is 8.93. The van der Waals surface area contributed by atoms with Crippen molar-refractivity contribution in [2.45, 2.75) is 57.8 Å². The Morgan fingerprint density at radius 3 is 2.88 bits per heavy atom. The molecule has 3 heterocycles. The van der Waals surface area contributed by atoms with E-state index in [2.05, 4.69) is 20.6 Å². The van der Waals surface area contributed by atoms with E-state index in [-0.39, 0.29) is 30.7 Å². The summed E-state index contributed by atoms with van der Waals surface area (Å²) < 4.78 is 5.64. The third kappa shape index (κ3) is 5.96. The van der Waals surface area contributed by atoms with Crippen LogP contribution >= 0.6 is 23.1 Å². The summed E-state index contributed by atoms with van der Waals surface area (Å²) in [6.07, 6.45) is 3.24. The molecule has 2 aliphatic heterocycles. The number of esters is 1. The van der Waals surface area contributed by atoms with Crippen LogP contribution in [0.15, 0.2) is 22.5 Å². The molecule has 1 aromatic heterocycles. The van der Waals surface area contributed by atoms with E-state index in [0.29, 0.717) is 29.5 Å². The van der Waals surface area contributed by atoms with Crippen molar-refractivity contribution >= 4 is 45.9 Å². The number of hydrogen-bond donors (Lipinski definition) is 3. The maximum Gasteiger partial charge on any atom is 0.329 e. The Morgan fingerprint density at radius 2 is 2.16 bits per heavy atom. The first kappa shape index (κ1) is 24.4. The van der Waals surface area contributed by atoms with E-state index in [1.807, 2.05) is 19.2 Å². The van der Waals surface area contributed by atoms with E-state index in [0.717, 1.165) is 5.01 Å². The number of carbonyl (C=O) groups excluding carboxylic acids is 3.